The highest BCUT2D eigenvalue weighted by Gasteiger charge is 2.49. The van der Waals surface area contributed by atoms with Crippen LogP contribution in [0.4, 0.5) is 0 Å². The number of rotatable bonds is 24. The molecule has 8 N–H and O–H groups in total. The zero-order chi connectivity index (χ0) is 97.7. The minimum Gasteiger partial charge on any atom is -0.811 e. The summed E-state index contributed by atoms with van der Waals surface area (Å²) in [5.74, 6) is -3.68. The van der Waals surface area contributed by atoms with Crippen LogP contribution in [0.2, 0.25) is 0 Å². The number of hydrogen-bond donors (Lipinski definition) is 8. The second kappa shape index (κ2) is 58.6. The summed E-state index contributed by atoms with van der Waals surface area (Å²) in [7, 11) is -22.0. The Morgan fingerprint density at radius 1 is 0.355 bits per heavy atom. The number of aliphatic carboxylic acids is 3. The Balaban J connectivity index is -0.000000196. The molecule has 45 nitrogen and oxygen atoms in total. The van der Waals surface area contributed by atoms with Gasteiger partial charge in [0.2, 0.25) is 49.6 Å². The second-order valence-electron chi connectivity index (χ2n) is 29.1. The predicted octanol–water partition coefficient (Wildman–Crippen LogP) is -1.05. The van der Waals surface area contributed by atoms with E-state index < -0.39 is 129 Å². The quantitative estimate of drug-likeness (QED) is 0.0203. The van der Waals surface area contributed by atoms with Gasteiger partial charge in [0.05, 0.1) is 37.3 Å². The van der Waals surface area contributed by atoms with E-state index in [1.165, 1.54) is 95.9 Å². The van der Waals surface area contributed by atoms with Crippen molar-refractivity contribution < 1.29 is 135 Å². The monoisotopic (exact) mass is 1830 g/mol. The number of carbonyl (C=O) groups excluding carboxylic acids is 3. The van der Waals surface area contributed by atoms with Crippen molar-refractivity contribution in [3.63, 3.8) is 0 Å². The molecule has 0 aromatic carbocycles. The van der Waals surface area contributed by atoms with Crippen molar-refractivity contribution in [3.8, 4) is 0 Å². The van der Waals surface area contributed by atoms with Gasteiger partial charge in [0.1, 0.15) is 67.6 Å². The number of nitrogens with one attached hydrogen (secondary N) is 8. The molecule has 8 rings (SSSR count). The molecule has 50 heteroatoms. The van der Waals surface area contributed by atoms with Crippen LogP contribution in [-0.2, 0) is 101 Å². The van der Waals surface area contributed by atoms with Crippen molar-refractivity contribution in [2.45, 2.75) is 318 Å². The fourth-order valence-corrected chi connectivity index (χ4v) is 11.4. The van der Waals surface area contributed by atoms with Crippen molar-refractivity contribution >= 4 is 63.5 Å². The minimum absolute atomic E-state index is 0.0418. The maximum absolute atomic E-state index is 11.2. The SMILES string of the molecule is CC.CC.CC.CC.CC.CC.CC.CC.CC(C)(C(=O)[O-])C(C)(C)[n+]1ccn[nH]1.CC(C)(CC(=O)[O-])[n+]1ccn[nH]1.CC(C)(CP(=O)([O-])[O-])[n+]1ccn[nH]1.CC(C)(CS(=O)(=O)[O-])[n+]1ccn[nH]1.CC(C)(C[n+]1ccn[nH]1)C(=O)[O-].CC(C)(C[n+]1ccn[nH]1)P(=O)([O-])[O-].CC(C)(C[n+]1ccn[nH]1)S(=O)(=O)[O-].CC(C)([n+]1ccn[nH]1)C(C)(C)S(=O)(=O)[O-]. The predicted molar refractivity (Wildman–Crippen MR) is 431 cm³/mol. The smallest absolute Gasteiger partial charge is 0.206 e. The first-order valence-corrected chi connectivity index (χ1v) is 46.6. The number of H-pyrrole nitrogens is 8. The molecule has 0 spiro atoms. The topological polar surface area (TPSA) is 679 Å². The summed E-state index contributed by atoms with van der Waals surface area (Å²) in [6.45, 7) is 64.4. The molecule has 121 heavy (non-hydrogen) atoms. The lowest BCUT2D eigenvalue weighted by atomic mass is 9.74. The summed E-state index contributed by atoms with van der Waals surface area (Å²) in [5, 5.41) is 81.0. The molecule has 0 amide bonds. The van der Waals surface area contributed by atoms with Crippen LogP contribution in [0.1, 0.15) is 256 Å². The lowest BCUT2D eigenvalue weighted by Gasteiger charge is -2.43. The van der Waals surface area contributed by atoms with Crippen LogP contribution < -0.4 is 72.3 Å². The van der Waals surface area contributed by atoms with E-state index in [1.54, 1.807) is 165 Å². The van der Waals surface area contributed by atoms with Gasteiger partial charge in [0, 0.05) is 75.3 Å². The molecular formula is C71H144N24O21P2S3-2. The molecule has 0 fully saturated rings. The second-order valence-corrected chi connectivity index (χ2v) is 38.2. The molecule has 0 saturated carbocycles. The highest BCUT2D eigenvalue weighted by atomic mass is 32.2. The van der Waals surface area contributed by atoms with Gasteiger partial charge < -0.3 is 72.1 Å². The standard InChI is InChI=1S/C9H15N3O2.C8H15N3O3S.2C7H11N3O2.2C6H12N3O3P.2C6H11N3O3S.8C2H6/c1-8(2,7(13)14)9(3,4)12-6-5-10-11-12;1-7(2,11-6-5-9-10-11)8(3,4)15(12,13)14;1-7(2,6(11)12)5-10-4-3-8-9-10;1-7(2,5-6(11)12)10-4-3-8-9-10;1-6(2,5-13(10,11)12)9-4-3-7-8-9;1-6(2,13(10,11)12)5-9-4-3-7-8-9;1-6(2,5-13(10,11)12)9-4-3-7-8-9;1-6(2,13(10,11)12)5-9-4-3-7-8-9;8*1-2/h5-6H,1-4H3,(H,13,14);5-6H,1-4H3,(H,12,13,14);2*3-4H,5H2,1-2H3,(H,11,12);2*3-4H,5H2,1-2H3,(H2,10,11,12);2*3-4H,5H2,1-2H3,(H,10,11,12);8*1-2H3/p-2. The third-order valence-corrected chi connectivity index (χ3v) is 23.5. The number of aromatic amines is 8. The number of carboxylic acids is 3. The van der Waals surface area contributed by atoms with Crippen LogP contribution >= 0.6 is 15.2 Å². The molecule has 0 aliphatic rings. The van der Waals surface area contributed by atoms with Gasteiger partial charge >= 0.3 is 0 Å². The van der Waals surface area contributed by atoms with E-state index in [4.69, 9.17) is 0 Å². The van der Waals surface area contributed by atoms with Crippen LogP contribution in [0, 0.1) is 10.8 Å². The first kappa shape index (κ1) is 128. The lowest BCUT2D eigenvalue weighted by Crippen LogP contribution is -2.66. The summed E-state index contributed by atoms with van der Waals surface area (Å²) >= 11 is 0. The normalized spacial score (nSPS) is 11.6. The lowest BCUT2D eigenvalue weighted by molar-refractivity contribution is -0.820. The minimum atomic E-state index is -4.58. The highest BCUT2D eigenvalue weighted by molar-refractivity contribution is 7.87. The maximum Gasteiger partial charge on any atom is 0.206 e. The zero-order valence-electron chi connectivity index (χ0n) is 77.8. The van der Waals surface area contributed by atoms with Gasteiger partial charge in [-0.2, -0.15) is 37.5 Å². The highest BCUT2D eigenvalue weighted by Crippen LogP contribution is 2.42. The van der Waals surface area contributed by atoms with E-state index in [0.29, 0.717) is 6.54 Å². The third-order valence-electron chi connectivity index (χ3n) is 16.4. The number of hydrogen-bond acceptors (Lipinski definition) is 29. The van der Waals surface area contributed by atoms with Gasteiger partial charge in [0.15, 0.2) is 49.6 Å². The Labute approximate surface area is 716 Å². The first-order valence-electron chi connectivity index (χ1n) is 39.0. The molecule has 0 saturated heterocycles. The van der Waals surface area contributed by atoms with Crippen LogP contribution in [0.5, 0.6) is 0 Å². The Hall–Kier alpha value is -8.44. The summed E-state index contributed by atoms with van der Waals surface area (Å²) in [6.07, 6.45) is 24.6. The van der Waals surface area contributed by atoms with Crippen molar-refractivity contribution in [3.05, 3.63) is 99.1 Å². The van der Waals surface area contributed by atoms with Gasteiger partial charge in [-0.05, 0) is 96.9 Å². The molecule has 0 unspecified atom stereocenters. The van der Waals surface area contributed by atoms with Crippen LogP contribution in [-0.4, -0.2) is 166 Å². The first-order chi connectivity index (χ1) is 55.2. The molecule has 0 atom stereocenters. The number of carbonyl (C=O) groups is 3. The van der Waals surface area contributed by atoms with E-state index >= 15 is 0 Å². The van der Waals surface area contributed by atoms with Crippen LogP contribution in [0.3, 0.4) is 0 Å². The van der Waals surface area contributed by atoms with Crippen molar-refractivity contribution in [2.24, 2.45) is 10.8 Å². The van der Waals surface area contributed by atoms with Gasteiger partial charge in [-0.3, -0.25) is 0 Å². The Bertz CT molecular complexity index is 4350. The van der Waals surface area contributed by atoms with E-state index in [2.05, 4.69) is 82.5 Å². The van der Waals surface area contributed by atoms with Gasteiger partial charge in [0.25, 0.3) is 0 Å². The Morgan fingerprint density at radius 2 is 0.628 bits per heavy atom. The summed E-state index contributed by atoms with van der Waals surface area (Å²) < 4.78 is 128. The number of carboxylic acid groups (broad SMARTS) is 3. The van der Waals surface area contributed by atoms with Crippen LogP contribution in [0.25, 0.3) is 0 Å². The number of nitrogens with zero attached hydrogens (tertiary/aromatic N) is 16. The van der Waals surface area contributed by atoms with Crippen LogP contribution in [0.15, 0.2) is 99.1 Å². The zero-order valence-corrected chi connectivity index (χ0v) is 82.1. The molecule has 0 bridgehead atoms. The molecule has 0 aliphatic carbocycles. The fraction of sp³-hybridized carbons (Fsp3) is 0.732. The summed E-state index contributed by atoms with van der Waals surface area (Å²) in [6, 6.07) is 0. The number of aromatic nitrogens is 24. The van der Waals surface area contributed by atoms with E-state index in [1.807, 2.05) is 125 Å². The largest absolute Gasteiger partial charge is 0.811 e. The Morgan fingerprint density at radius 3 is 0.868 bits per heavy atom. The third kappa shape index (κ3) is 48.3. The van der Waals surface area contributed by atoms with E-state index in [-0.39, 0.29) is 19.5 Å². The molecule has 8 aromatic heterocycles. The molecular weight excluding hydrogens is 1680 g/mol. The van der Waals surface area contributed by atoms with E-state index in [0.717, 1.165) is 0 Å². The molecule has 8 heterocycles. The van der Waals surface area contributed by atoms with Crippen molar-refractivity contribution in [1.29, 1.82) is 0 Å². The summed E-state index contributed by atoms with van der Waals surface area (Å²) in [4.78, 5) is 74.7. The molecule has 8 aromatic rings. The molecule has 0 aliphatic heterocycles. The van der Waals surface area contributed by atoms with Gasteiger partial charge in [-0.1, -0.05) is 209 Å². The molecule has 704 valence electrons. The average molecular weight is 1830 g/mol. The summed E-state index contributed by atoms with van der Waals surface area (Å²) in [5.41, 5.74) is -5.48. The Kier molecular flexibility index (Phi) is 62.0. The fourth-order valence-electron chi connectivity index (χ4n) is 7.93. The average Bonchev–Trinajstić information content (AvgIpc) is 1.55. The van der Waals surface area contributed by atoms with Crippen molar-refractivity contribution in [1.82, 2.24) is 82.5 Å². The van der Waals surface area contributed by atoms with E-state index in [9.17, 15) is 97.3 Å². The van der Waals surface area contributed by atoms with Gasteiger partial charge in [-0.25, -0.2) is 25.3 Å². The molecule has 0 radical (unpaired) electrons. The maximum atomic E-state index is 11.2. The van der Waals surface area contributed by atoms with Crippen molar-refractivity contribution in [2.75, 3.05) is 11.9 Å². The van der Waals surface area contributed by atoms with Gasteiger partial charge in [-0.15, -0.1) is 0 Å².